The zero-order chi connectivity index (χ0) is 21.1. The number of hydrazone groups is 1. The van der Waals surface area contributed by atoms with E-state index < -0.39 is 0 Å². The van der Waals surface area contributed by atoms with Gasteiger partial charge < -0.3 is 10.1 Å². The Bertz CT molecular complexity index is 1140. The first-order valence-electron chi connectivity index (χ1n) is 9.79. The van der Waals surface area contributed by atoms with E-state index in [1.54, 1.807) is 7.11 Å². The predicted octanol–water partition coefficient (Wildman–Crippen LogP) is 4.23. The van der Waals surface area contributed by atoms with Gasteiger partial charge in [-0.05, 0) is 60.7 Å². The van der Waals surface area contributed by atoms with Gasteiger partial charge in [0.2, 0.25) is 0 Å². The molecule has 1 N–H and O–H groups in total. The van der Waals surface area contributed by atoms with Gasteiger partial charge in [-0.25, -0.2) is 9.13 Å². The standard InChI is InChI=1S/C24H26N5O/c1-27-22-7-5-6-8-23(22)28(2)24(27)17-25-29(3)20-13-9-18(10-14-20)26-19-11-15-21(30-4)16-12-19/h5-17,26H,1-4H3/q+1. The van der Waals surface area contributed by atoms with Crippen LogP contribution in [-0.4, -0.2) is 24.9 Å². The van der Waals surface area contributed by atoms with Gasteiger partial charge in [0.1, 0.15) is 12.0 Å². The number of rotatable bonds is 6. The van der Waals surface area contributed by atoms with Crippen LogP contribution in [0.1, 0.15) is 5.82 Å². The lowest BCUT2D eigenvalue weighted by Gasteiger charge is -2.14. The molecule has 0 aliphatic carbocycles. The van der Waals surface area contributed by atoms with Gasteiger partial charge in [-0.2, -0.15) is 5.10 Å². The number of anilines is 3. The van der Waals surface area contributed by atoms with Gasteiger partial charge in [-0.3, -0.25) is 5.01 Å². The van der Waals surface area contributed by atoms with Crippen LogP contribution in [0.2, 0.25) is 0 Å². The fourth-order valence-corrected chi connectivity index (χ4v) is 3.48. The summed E-state index contributed by atoms with van der Waals surface area (Å²) in [6.07, 6.45) is 1.89. The van der Waals surface area contributed by atoms with Crippen molar-refractivity contribution in [2.24, 2.45) is 19.2 Å². The summed E-state index contributed by atoms with van der Waals surface area (Å²) in [7, 11) is 7.73. The van der Waals surface area contributed by atoms with Crippen molar-refractivity contribution in [1.29, 1.82) is 0 Å². The third-order valence-corrected chi connectivity index (χ3v) is 5.26. The molecule has 6 nitrogen and oxygen atoms in total. The molecule has 0 amide bonds. The normalized spacial score (nSPS) is 11.2. The van der Waals surface area contributed by atoms with Gasteiger partial charge in [0, 0.05) is 18.4 Å². The molecule has 0 bridgehead atoms. The number of hydrogen-bond acceptors (Lipinski definition) is 4. The first-order chi connectivity index (χ1) is 14.6. The van der Waals surface area contributed by atoms with Crippen molar-refractivity contribution >= 4 is 34.3 Å². The molecule has 0 unspecified atom stereocenters. The van der Waals surface area contributed by atoms with E-state index in [1.807, 2.05) is 66.8 Å². The van der Waals surface area contributed by atoms with E-state index >= 15 is 0 Å². The fourth-order valence-electron chi connectivity index (χ4n) is 3.48. The molecule has 152 valence electrons. The summed E-state index contributed by atoms with van der Waals surface area (Å²) in [4.78, 5) is 0. The number of ether oxygens (including phenoxy) is 1. The summed E-state index contributed by atoms with van der Waals surface area (Å²) in [5, 5.41) is 9.91. The highest BCUT2D eigenvalue weighted by Gasteiger charge is 2.17. The van der Waals surface area contributed by atoms with Gasteiger partial charge in [0.05, 0.1) is 26.9 Å². The molecule has 1 aromatic heterocycles. The van der Waals surface area contributed by atoms with Crippen molar-refractivity contribution in [2.75, 3.05) is 24.5 Å². The number of fused-ring (bicyclic) bond motifs is 1. The quantitative estimate of drug-likeness (QED) is 0.299. The first-order valence-corrected chi connectivity index (χ1v) is 9.79. The van der Waals surface area contributed by atoms with E-state index in [2.05, 4.69) is 57.9 Å². The maximum absolute atomic E-state index is 5.20. The second kappa shape index (κ2) is 8.29. The number of aromatic nitrogens is 2. The second-order valence-corrected chi connectivity index (χ2v) is 7.13. The minimum absolute atomic E-state index is 0.843. The Morgan fingerprint density at radius 1 is 0.967 bits per heavy atom. The molecule has 6 heteroatoms. The number of nitrogens with one attached hydrogen (secondary N) is 1. The Morgan fingerprint density at radius 3 is 2.23 bits per heavy atom. The SMILES string of the molecule is COc1ccc(Nc2ccc(N(C)/N=C/c3n(C)c4ccccc4[n+]3C)cc2)cc1. The Kier molecular flexibility index (Phi) is 5.39. The maximum atomic E-state index is 5.20. The van der Waals surface area contributed by atoms with Crippen LogP contribution in [0.15, 0.2) is 77.9 Å². The number of nitrogens with zero attached hydrogens (tertiary/aromatic N) is 4. The minimum Gasteiger partial charge on any atom is -0.497 e. The first kappa shape index (κ1) is 19.5. The largest absolute Gasteiger partial charge is 0.497 e. The predicted molar refractivity (Wildman–Crippen MR) is 123 cm³/mol. The molecule has 0 atom stereocenters. The lowest BCUT2D eigenvalue weighted by Crippen LogP contribution is -2.33. The number of para-hydroxylation sites is 2. The summed E-state index contributed by atoms with van der Waals surface area (Å²) in [5.41, 5.74) is 5.39. The summed E-state index contributed by atoms with van der Waals surface area (Å²) < 4.78 is 9.49. The summed E-state index contributed by atoms with van der Waals surface area (Å²) >= 11 is 0. The molecule has 0 fully saturated rings. The molecule has 3 aromatic carbocycles. The van der Waals surface area contributed by atoms with Crippen LogP contribution in [0.4, 0.5) is 17.1 Å². The monoisotopic (exact) mass is 400 g/mol. The highest BCUT2D eigenvalue weighted by molar-refractivity contribution is 5.81. The lowest BCUT2D eigenvalue weighted by atomic mass is 10.2. The van der Waals surface area contributed by atoms with Gasteiger partial charge >= 0.3 is 5.82 Å². The zero-order valence-electron chi connectivity index (χ0n) is 17.7. The Labute approximate surface area is 176 Å². The molecule has 30 heavy (non-hydrogen) atoms. The molecular formula is C24H26N5O+. The van der Waals surface area contributed by atoms with E-state index in [-0.39, 0.29) is 0 Å². The third-order valence-electron chi connectivity index (χ3n) is 5.26. The van der Waals surface area contributed by atoms with Crippen LogP contribution in [0.25, 0.3) is 11.0 Å². The number of hydrogen-bond donors (Lipinski definition) is 1. The fraction of sp³-hybridized carbons (Fsp3) is 0.167. The van der Waals surface area contributed by atoms with Crippen molar-refractivity contribution < 1.29 is 9.30 Å². The molecule has 4 rings (SSSR count). The average molecular weight is 401 g/mol. The molecule has 4 aromatic rings. The van der Waals surface area contributed by atoms with Crippen LogP contribution < -0.4 is 19.6 Å². The molecule has 0 aliphatic rings. The number of aryl methyl sites for hydroxylation is 2. The summed E-state index contributed by atoms with van der Waals surface area (Å²) in [5.74, 6) is 1.87. The topological polar surface area (TPSA) is 45.7 Å². The third kappa shape index (κ3) is 3.85. The van der Waals surface area contributed by atoms with Crippen LogP contribution in [0, 0.1) is 0 Å². The highest BCUT2D eigenvalue weighted by atomic mass is 16.5. The smallest absolute Gasteiger partial charge is 0.302 e. The second-order valence-electron chi connectivity index (χ2n) is 7.13. The van der Waals surface area contributed by atoms with E-state index in [0.717, 1.165) is 28.6 Å². The van der Waals surface area contributed by atoms with Crippen molar-refractivity contribution in [3.05, 3.63) is 78.6 Å². The van der Waals surface area contributed by atoms with Crippen molar-refractivity contribution in [1.82, 2.24) is 4.57 Å². The van der Waals surface area contributed by atoms with Gasteiger partial charge in [-0.1, -0.05) is 12.1 Å². The van der Waals surface area contributed by atoms with E-state index in [0.29, 0.717) is 0 Å². The van der Waals surface area contributed by atoms with Crippen LogP contribution in [0.3, 0.4) is 0 Å². The van der Waals surface area contributed by atoms with E-state index in [4.69, 9.17) is 4.74 Å². The lowest BCUT2D eigenvalue weighted by molar-refractivity contribution is -0.646. The molecule has 0 aliphatic heterocycles. The summed E-state index contributed by atoms with van der Waals surface area (Å²) in [6, 6.07) is 24.4. The molecule has 0 saturated heterocycles. The van der Waals surface area contributed by atoms with Gasteiger partial charge in [0.15, 0.2) is 11.0 Å². The highest BCUT2D eigenvalue weighted by Crippen LogP contribution is 2.22. The van der Waals surface area contributed by atoms with Crippen molar-refractivity contribution in [3.8, 4) is 5.75 Å². The summed E-state index contributed by atoms with van der Waals surface area (Å²) in [6.45, 7) is 0. The Balaban J connectivity index is 1.48. The molecule has 1 heterocycles. The van der Waals surface area contributed by atoms with Crippen molar-refractivity contribution in [2.45, 2.75) is 0 Å². The molecular weight excluding hydrogens is 374 g/mol. The van der Waals surface area contributed by atoms with Crippen molar-refractivity contribution in [3.63, 3.8) is 0 Å². The van der Waals surface area contributed by atoms with Gasteiger partial charge in [-0.15, -0.1) is 0 Å². The van der Waals surface area contributed by atoms with Gasteiger partial charge in [0.25, 0.3) is 0 Å². The molecule has 0 radical (unpaired) electrons. The van der Waals surface area contributed by atoms with Crippen LogP contribution >= 0.6 is 0 Å². The van der Waals surface area contributed by atoms with E-state index in [9.17, 15) is 0 Å². The molecule has 0 spiro atoms. The molecule has 0 saturated carbocycles. The van der Waals surface area contributed by atoms with E-state index in [1.165, 1.54) is 11.0 Å². The zero-order valence-corrected chi connectivity index (χ0v) is 17.7. The number of methoxy groups -OCH3 is 1. The number of imidazole rings is 1. The van der Waals surface area contributed by atoms with Crippen LogP contribution in [-0.2, 0) is 14.1 Å². The van der Waals surface area contributed by atoms with Crippen LogP contribution in [0.5, 0.6) is 5.75 Å². The Morgan fingerprint density at radius 2 is 1.60 bits per heavy atom. The number of benzene rings is 3. The maximum Gasteiger partial charge on any atom is 0.302 e. The average Bonchev–Trinajstić information content (AvgIpc) is 3.03. The minimum atomic E-state index is 0.843. The Hall–Kier alpha value is -3.80.